The molecule has 0 radical (unpaired) electrons. The normalized spacial score (nSPS) is 12.7. The molecule has 2 aromatic carbocycles. The van der Waals surface area contributed by atoms with Crippen molar-refractivity contribution in [2.24, 2.45) is 4.40 Å². The molecular weight excluding hydrogens is 368 g/mol. The van der Waals surface area contributed by atoms with Crippen molar-refractivity contribution in [3.63, 3.8) is 0 Å². The van der Waals surface area contributed by atoms with Gasteiger partial charge in [-0.15, -0.1) is 4.40 Å². The zero-order valence-electron chi connectivity index (χ0n) is 13.1. The molecule has 1 heterocycles. The molecule has 0 saturated carbocycles. The summed E-state index contributed by atoms with van der Waals surface area (Å²) in [6, 6.07) is 11.6. The Labute approximate surface area is 148 Å². The zero-order valence-corrected chi connectivity index (χ0v) is 15.5. The summed E-state index contributed by atoms with van der Waals surface area (Å²) in [5.74, 6) is 0.691. The number of hydrogen-bond acceptors (Lipinski definition) is 4. The Morgan fingerprint density at radius 1 is 1.21 bits per heavy atom. The molecule has 0 N–H and O–H groups in total. The van der Waals surface area contributed by atoms with Crippen LogP contribution in [-0.4, -0.2) is 20.1 Å². The molecule has 0 spiro atoms. The standard InChI is InChI=1S/C16H15ClN2O3S2/c1-3-19-15-13(22-2)5-4-6-14(15)23-16(19)18-24(20,21)12-9-7-11(17)8-10-12/h4-10H,3H2,1-2H3/b18-16-. The van der Waals surface area contributed by atoms with E-state index < -0.39 is 10.0 Å². The molecule has 126 valence electrons. The summed E-state index contributed by atoms with van der Waals surface area (Å²) in [6.45, 7) is 2.52. The Morgan fingerprint density at radius 2 is 1.92 bits per heavy atom. The Balaban J connectivity index is 2.25. The molecule has 0 unspecified atom stereocenters. The third kappa shape index (κ3) is 3.07. The van der Waals surface area contributed by atoms with Gasteiger partial charge >= 0.3 is 0 Å². The van der Waals surface area contributed by atoms with Crippen molar-refractivity contribution in [3.05, 3.63) is 52.3 Å². The highest BCUT2D eigenvalue weighted by atomic mass is 35.5. The number of ether oxygens (including phenoxy) is 1. The average molecular weight is 383 g/mol. The van der Waals surface area contributed by atoms with E-state index >= 15 is 0 Å². The van der Waals surface area contributed by atoms with Crippen molar-refractivity contribution in [1.82, 2.24) is 4.57 Å². The summed E-state index contributed by atoms with van der Waals surface area (Å²) in [7, 11) is -2.22. The predicted molar refractivity (Wildman–Crippen MR) is 96.2 cm³/mol. The Morgan fingerprint density at radius 3 is 2.54 bits per heavy atom. The van der Waals surface area contributed by atoms with Gasteiger partial charge < -0.3 is 9.30 Å². The van der Waals surface area contributed by atoms with Crippen molar-refractivity contribution < 1.29 is 13.2 Å². The van der Waals surface area contributed by atoms with Crippen LogP contribution in [0, 0.1) is 0 Å². The maximum Gasteiger partial charge on any atom is 0.285 e. The van der Waals surface area contributed by atoms with Crippen molar-refractivity contribution in [3.8, 4) is 5.75 Å². The number of thiazole rings is 1. The monoisotopic (exact) mass is 382 g/mol. The molecule has 0 atom stereocenters. The van der Waals surface area contributed by atoms with Gasteiger partial charge in [-0.1, -0.05) is 29.0 Å². The van der Waals surface area contributed by atoms with Crippen LogP contribution < -0.4 is 9.54 Å². The van der Waals surface area contributed by atoms with Crippen LogP contribution in [0.4, 0.5) is 0 Å². The van der Waals surface area contributed by atoms with Gasteiger partial charge in [-0.3, -0.25) is 0 Å². The van der Waals surface area contributed by atoms with Gasteiger partial charge in [0.1, 0.15) is 11.3 Å². The second kappa shape index (κ2) is 6.58. The quantitative estimate of drug-likeness (QED) is 0.691. The van der Waals surface area contributed by atoms with Crippen LogP contribution in [0.15, 0.2) is 51.8 Å². The van der Waals surface area contributed by atoms with Gasteiger partial charge in [-0.2, -0.15) is 8.42 Å². The first kappa shape index (κ1) is 17.0. The second-order valence-electron chi connectivity index (χ2n) is 4.96. The van der Waals surface area contributed by atoms with Gasteiger partial charge in [0.2, 0.25) is 4.80 Å². The van der Waals surface area contributed by atoms with Crippen LogP contribution in [0.2, 0.25) is 5.02 Å². The maximum atomic E-state index is 12.6. The molecule has 5 nitrogen and oxygen atoms in total. The lowest BCUT2D eigenvalue weighted by Gasteiger charge is -2.05. The van der Waals surface area contributed by atoms with Crippen LogP contribution in [-0.2, 0) is 16.6 Å². The molecule has 8 heteroatoms. The first-order valence-corrected chi connectivity index (χ1v) is 9.82. The van der Waals surface area contributed by atoms with E-state index in [0.29, 0.717) is 22.1 Å². The minimum absolute atomic E-state index is 0.110. The third-order valence-electron chi connectivity index (χ3n) is 3.51. The largest absolute Gasteiger partial charge is 0.495 e. The van der Waals surface area contributed by atoms with Crippen molar-refractivity contribution in [2.75, 3.05) is 7.11 Å². The first-order chi connectivity index (χ1) is 11.5. The highest BCUT2D eigenvalue weighted by Gasteiger charge is 2.15. The van der Waals surface area contributed by atoms with Gasteiger partial charge in [-0.05, 0) is 43.3 Å². The number of rotatable bonds is 4. The summed E-state index contributed by atoms with van der Waals surface area (Å²) < 4.78 is 37.3. The molecule has 1 aromatic heterocycles. The molecule has 0 aliphatic carbocycles. The molecule has 0 aliphatic rings. The second-order valence-corrected chi connectivity index (χ2v) is 8.01. The van der Waals surface area contributed by atoms with Crippen LogP contribution in [0.5, 0.6) is 5.75 Å². The number of hydrogen-bond donors (Lipinski definition) is 0. The molecule has 0 saturated heterocycles. The van der Waals surface area contributed by atoms with Gasteiger partial charge in [0.25, 0.3) is 10.0 Å². The lowest BCUT2D eigenvalue weighted by atomic mass is 10.3. The average Bonchev–Trinajstić information content (AvgIpc) is 2.91. The van der Waals surface area contributed by atoms with E-state index in [9.17, 15) is 8.42 Å². The summed E-state index contributed by atoms with van der Waals surface area (Å²) in [5.41, 5.74) is 0.845. The molecule has 0 aliphatic heterocycles. The molecule has 0 bridgehead atoms. The van der Waals surface area contributed by atoms with E-state index in [1.54, 1.807) is 7.11 Å². The fourth-order valence-electron chi connectivity index (χ4n) is 2.39. The van der Waals surface area contributed by atoms with E-state index in [-0.39, 0.29) is 4.90 Å². The van der Waals surface area contributed by atoms with Crippen molar-refractivity contribution >= 4 is 43.2 Å². The van der Waals surface area contributed by atoms with Crippen LogP contribution in [0.1, 0.15) is 6.92 Å². The number of halogens is 1. The third-order valence-corrected chi connectivity index (χ3v) is 6.20. The van der Waals surface area contributed by atoms with Crippen LogP contribution in [0.25, 0.3) is 10.2 Å². The van der Waals surface area contributed by atoms with Crippen molar-refractivity contribution in [1.29, 1.82) is 0 Å². The molecule has 3 rings (SSSR count). The van der Waals surface area contributed by atoms with Gasteiger partial charge in [0.15, 0.2) is 0 Å². The smallest absolute Gasteiger partial charge is 0.285 e. The minimum atomic E-state index is -3.81. The Kier molecular flexibility index (Phi) is 4.67. The van der Waals surface area contributed by atoms with Gasteiger partial charge in [-0.25, -0.2) is 0 Å². The minimum Gasteiger partial charge on any atom is -0.495 e. The lowest BCUT2D eigenvalue weighted by Crippen LogP contribution is -2.16. The number of methoxy groups -OCH3 is 1. The molecular formula is C16H15ClN2O3S2. The van der Waals surface area contributed by atoms with Gasteiger partial charge in [0.05, 0.1) is 16.7 Å². The number of aryl methyl sites for hydroxylation is 1. The predicted octanol–water partition coefficient (Wildman–Crippen LogP) is 3.67. The number of fused-ring (bicyclic) bond motifs is 1. The van der Waals surface area contributed by atoms with E-state index in [0.717, 1.165) is 10.2 Å². The lowest BCUT2D eigenvalue weighted by molar-refractivity contribution is 0.417. The summed E-state index contributed by atoms with van der Waals surface area (Å²) in [5, 5.41) is 0.476. The topological polar surface area (TPSA) is 60.7 Å². The molecule has 3 aromatic rings. The maximum absolute atomic E-state index is 12.6. The summed E-state index contributed by atoms with van der Waals surface area (Å²) >= 11 is 7.13. The fraction of sp³-hybridized carbons (Fsp3) is 0.188. The number of aromatic nitrogens is 1. The Bertz CT molecular complexity index is 1050. The molecule has 0 fully saturated rings. The molecule has 0 amide bonds. The molecule has 24 heavy (non-hydrogen) atoms. The zero-order chi connectivity index (χ0) is 17.3. The number of sulfonamides is 1. The van der Waals surface area contributed by atoms with Crippen LogP contribution >= 0.6 is 22.9 Å². The number of benzene rings is 2. The van der Waals surface area contributed by atoms with Crippen LogP contribution in [0.3, 0.4) is 0 Å². The number of para-hydroxylation sites is 1. The van der Waals surface area contributed by atoms with Gasteiger partial charge in [0, 0.05) is 11.6 Å². The summed E-state index contributed by atoms with van der Waals surface area (Å²) in [6.07, 6.45) is 0. The van der Waals surface area contributed by atoms with E-state index in [1.165, 1.54) is 35.6 Å². The van der Waals surface area contributed by atoms with Crippen molar-refractivity contribution in [2.45, 2.75) is 18.4 Å². The van der Waals surface area contributed by atoms with E-state index in [2.05, 4.69) is 4.40 Å². The number of nitrogens with zero attached hydrogens (tertiary/aromatic N) is 2. The van der Waals surface area contributed by atoms with E-state index in [1.807, 2.05) is 29.7 Å². The highest BCUT2D eigenvalue weighted by molar-refractivity contribution is 7.90. The fourth-order valence-corrected chi connectivity index (χ4v) is 4.83. The first-order valence-electron chi connectivity index (χ1n) is 7.19. The Hall–Kier alpha value is -1.83. The van der Waals surface area contributed by atoms with E-state index in [4.69, 9.17) is 16.3 Å². The highest BCUT2D eigenvalue weighted by Crippen LogP contribution is 2.27. The SMILES string of the molecule is CCn1/c(=N/S(=O)(=O)c2ccc(Cl)cc2)sc2cccc(OC)c21. The summed E-state index contributed by atoms with van der Waals surface area (Å²) in [4.78, 5) is 0.519.